The summed E-state index contributed by atoms with van der Waals surface area (Å²) in [5.41, 5.74) is 10.1. The van der Waals surface area contributed by atoms with Crippen LogP contribution >= 0.6 is 0 Å². The molecule has 5 N–H and O–H groups in total. The molecular formula is C4H13N2NaO3S. The van der Waals surface area contributed by atoms with E-state index < -0.39 is 15.5 Å². The average Bonchev–Trinajstić information content (AvgIpc) is 1.80. The number of nitrogens with two attached hydrogens (primary N) is 2. The molecule has 0 heterocycles. The maximum atomic E-state index is 10.2. The zero-order valence-electron chi connectivity index (χ0n) is 7.53. The predicted molar refractivity (Wildman–Crippen MR) is 38.9 cm³/mol. The molecule has 1 unspecified atom stereocenters. The average molecular weight is 192 g/mol. The van der Waals surface area contributed by atoms with E-state index in [9.17, 15) is 8.42 Å². The van der Waals surface area contributed by atoms with E-state index in [1.54, 1.807) is 0 Å². The van der Waals surface area contributed by atoms with Gasteiger partial charge in [-0.05, 0) is 19.4 Å². The second-order valence-corrected chi connectivity index (χ2v) is 3.62. The normalized spacial score (nSPS) is 13.7. The molecule has 0 aliphatic heterocycles. The maximum Gasteiger partial charge on any atom is 1.00 e. The van der Waals surface area contributed by atoms with E-state index in [1.165, 1.54) is 0 Å². The molecular weight excluding hydrogens is 179 g/mol. The molecule has 0 aromatic rings. The van der Waals surface area contributed by atoms with Gasteiger partial charge >= 0.3 is 29.6 Å². The molecule has 0 saturated carbocycles. The Morgan fingerprint density at radius 2 is 2.00 bits per heavy atom. The topological polar surface area (TPSA) is 106 Å². The van der Waals surface area contributed by atoms with E-state index in [1.807, 2.05) is 0 Å². The zero-order valence-corrected chi connectivity index (χ0v) is 9.34. The minimum atomic E-state index is -4.05. The van der Waals surface area contributed by atoms with Gasteiger partial charge in [-0.3, -0.25) is 4.55 Å². The second kappa shape index (κ2) is 6.36. The van der Waals surface area contributed by atoms with E-state index in [0.29, 0.717) is 13.0 Å². The van der Waals surface area contributed by atoms with Gasteiger partial charge in [-0.1, -0.05) is 0 Å². The van der Waals surface area contributed by atoms with Gasteiger partial charge in [0.15, 0.2) is 0 Å². The monoisotopic (exact) mass is 192 g/mol. The summed E-state index contributed by atoms with van der Waals surface area (Å²) in [6.07, 6.45) is 0.705. The fourth-order valence-corrected chi connectivity index (χ4v) is 0.932. The van der Waals surface area contributed by atoms with Crippen LogP contribution in [0, 0.1) is 0 Å². The molecule has 0 aromatic heterocycles. The van der Waals surface area contributed by atoms with Crippen LogP contribution in [0.15, 0.2) is 0 Å². The zero-order chi connectivity index (χ0) is 8.20. The Bertz CT molecular complexity index is 187. The summed E-state index contributed by atoms with van der Waals surface area (Å²) in [6.45, 7) is 0.378. The van der Waals surface area contributed by atoms with Gasteiger partial charge in [-0.25, -0.2) is 0 Å². The Balaban J connectivity index is -0.000000405. The van der Waals surface area contributed by atoms with Crippen molar-refractivity contribution in [3.8, 4) is 0 Å². The molecule has 0 bridgehead atoms. The summed E-state index contributed by atoms with van der Waals surface area (Å²) in [6, 6.07) is 0. The Labute approximate surface area is 90.0 Å². The van der Waals surface area contributed by atoms with E-state index in [2.05, 4.69) is 0 Å². The molecule has 0 radical (unpaired) electrons. The van der Waals surface area contributed by atoms with E-state index in [0.717, 1.165) is 0 Å². The smallest absolute Gasteiger partial charge is 1.00 e. The van der Waals surface area contributed by atoms with Gasteiger partial charge in [0.2, 0.25) is 0 Å². The quantitative estimate of drug-likeness (QED) is 0.311. The summed E-state index contributed by atoms with van der Waals surface area (Å²) in [5.74, 6) is 0. The van der Waals surface area contributed by atoms with Gasteiger partial charge < -0.3 is 12.9 Å². The molecule has 1 atom stereocenters. The number of hydrogen-bond acceptors (Lipinski definition) is 4. The van der Waals surface area contributed by atoms with Gasteiger partial charge in [0.1, 0.15) is 5.37 Å². The van der Waals surface area contributed by atoms with Gasteiger partial charge in [0, 0.05) is 0 Å². The summed E-state index contributed by atoms with van der Waals surface area (Å²) < 4.78 is 28.8. The molecule has 0 spiro atoms. The number of rotatable bonds is 4. The van der Waals surface area contributed by atoms with Crippen LogP contribution in [0.2, 0.25) is 0 Å². The molecule has 64 valence electrons. The molecule has 11 heavy (non-hydrogen) atoms. The third-order valence-electron chi connectivity index (χ3n) is 1.08. The summed E-state index contributed by atoms with van der Waals surface area (Å²) in [5, 5.41) is -1.18. The van der Waals surface area contributed by atoms with E-state index in [-0.39, 0.29) is 37.4 Å². The van der Waals surface area contributed by atoms with Crippen LogP contribution < -0.4 is 41.0 Å². The van der Waals surface area contributed by atoms with Crippen LogP contribution in [0.4, 0.5) is 0 Å². The molecule has 0 aliphatic carbocycles. The SMILES string of the molecule is NCCCC(N)S(=O)(=O)O.[H-].[Na+]. The fourth-order valence-electron chi connectivity index (χ4n) is 0.468. The Morgan fingerprint density at radius 1 is 1.55 bits per heavy atom. The number of hydrogen-bond donors (Lipinski definition) is 3. The summed E-state index contributed by atoms with van der Waals surface area (Å²) in [4.78, 5) is 0. The van der Waals surface area contributed by atoms with Crippen molar-refractivity contribution in [3.05, 3.63) is 0 Å². The first-order chi connectivity index (χ1) is 4.48. The van der Waals surface area contributed by atoms with Gasteiger partial charge in [0.25, 0.3) is 10.1 Å². The Morgan fingerprint density at radius 3 is 2.27 bits per heavy atom. The van der Waals surface area contributed by atoms with Gasteiger partial charge in [-0.2, -0.15) is 8.42 Å². The van der Waals surface area contributed by atoms with Crippen LogP contribution in [0.3, 0.4) is 0 Å². The summed E-state index contributed by atoms with van der Waals surface area (Å²) in [7, 11) is -4.05. The second-order valence-electron chi connectivity index (χ2n) is 1.98. The Kier molecular flexibility index (Phi) is 8.30. The minimum Gasteiger partial charge on any atom is -1.00 e. The van der Waals surface area contributed by atoms with Crippen LogP contribution in [0.5, 0.6) is 0 Å². The Hall–Kier alpha value is 0.830. The van der Waals surface area contributed by atoms with Crippen molar-refractivity contribution in [2.45, 2.75) is 18.2 Å². The summed E-state index contributed by atoms with van der Waals surface area (Å²) >= 11 is 0. The fraction of sp³-hybridized carbons (Fsp3) is 1.00. The standard InChI is InChI=1S/C4H12N2O3S.Na.H/c5-3-1-2-4(6)10(7,8)9;;/h4H,1-3,5-6H2,(H,7,8,9);;/q;+1;-1. The molecule has 5 nitrogen and oxygen atoms in total. The van der Waals surface area contributed by atoms with Crippen LogP contribution in [-0.2, 0) is 10.1 Å². The van der Waals surface area contributed by atoms with E-state index >= 15 is 0 Å². The van der Waals surface area contributed by atoms with Crippen molar-refractivity contribution in [2.24, 2.45) is 11.5 Å². The molecule has 0 fully saturated rings. The van der Waals surface area contributed by atoms with Crippen molar-refractivity contribution in [1.29, 1.82) is 0 Å². The molecule has 0 saturated heterocycles. The van der Waals surface area contributed by atoms with Crippen molar-refractivity contribution in [3.63, 3.8) is 0 Å². The maximum absolute atomic E-state index is 10.2. The van der Waals surface area contributed by atoms with Crippen molar-refractivity contribution >= 4 is 10.1 Å². The van der Waals surface area contributed by atoms with Gasteiger partial charge in [0.05, 0.1) is 0 Å². The third-order valence-corrected chi connectivity index (χ3v) is 2.08. The van der Waals surface area contributed by atoms with Crippen molar-refractivity contribution < 1.29 is 44.0 Å². The van der Waals surface area contributed by atoms with Gasteiger partial charge in [-0.15, -0.1) is 0 Å². The molecule has 0 aliphatic rings. The van der Waals surface area contributed by atoms with E-state index in [4.69, 9.17) is 16.0 Å². The molecule has 0 rings (SSSR count). The van der Waals surface area contributed by atoms with Crippen molar-refractivity contribution in [2.75, 3.05) is 6.54 Å². The molecule has 0 aromatic carbocycles. The largest absolute Gasteiger partial charge is 1.00 e. The third kappa shape index (κ3) is 7.20. The van der Waals surface area contributed by atoms with Crippen LogP contribution in [0.1, 0.15) is 14.3 Å². The molecule has 0 amide bonds. The van der Waals surface area contributed by atoms with Crippen LogP contribution in [0.25, 0.3) is 0 Å². The first-order valence-electron chi connectivity index (χ1n) is 2.90. The first-order valence-corrected chi connectivity index (χ1v) is 4.40. The predicted octanol–water partition coefficient (Wildman–Crippen LogP) is -3.99. The van der Waals surface area contributed by atoms with Crippen LogP contribution in [-0.4, -0.2) is 24.9 Å². The first kappa shape index (κ1) is 14.4. The molecule has 7 heteroatoms. The van der Waals surface area contributed by atoms with Crippen molar-refractivity contribution in [1.82, 2.24) is 0 Å². The minimum absolute atomic E-state index is 0.